The Labute approximate surface area is 229 Å². The van der Waals surface area contributed by atoms with E-state index in [1.807, 2.05) is 6.92 Å². The normalized spacial score (nSPS) is 16.1. The fraction of sp³-hybridized carbons (Fsp3) is 0.481. The lowest BCUT2D eigenvalue weighted by Gasteiger charge is -2.33. The topological polar surface area (TPSA) is 105 Å². The van der Waals surface area contributed by atoms with Crippen LogP contribution in [0, 0.1) is 0 Å². The van der Waals surface area contributed by atoms with Crippen LogP contribution in [0.3, 0.4) is 0 Å². The summed E-state index contributed by atoms with van der Waals surface area (Å²) in [4.78, 5) is 28.6. The Hall–Kier alpha value is -2.98. The molecule has 9 nitrogen and oxygen atoms in total. The fourth-order valence-corrected chi connectivity index (χ4v) is 5.84. The summed E-state index contributed by atoms with van der Waals surface area (Å²) in [6, 6.07) is 11.1. The number of sulfonamides is 1. The van der Waals surface area contributed by atoms with Crippen LogP contribution in [0.1, 0.15) is 44.6 Å². The van der Waals surface area contributed by atoms with Crippen molar-refractivity contribution in [2.45, 2.75) is 57.7 Å². The molecule has 0 spiro atoms. The summed E-state index contributed by atoms with van der Waals surface area (Å²) < 4.78 is 37.9. The van der Waals surface area contributed by atoms with Crippen LogP contribution in [-0.4, -0.2) is 63.2 Å². The number of hydrogen-bond acceptors (Lipinski definition) is 6. The standard InChI is InChI=1S/C27H34ClN3O6S/c1-3-23(27(33)29-21-6-4-5-7-21)30(17-19-8-10-20(28)11-9-19)26(32)18-31(38(2,34)35)22-12-13-24-25(16-22)37-15-14-36-24/h8-13,16,21,23H,3-7,14-15,17-18H2,1-2H3,(H,29,33). The molecular weight excluding hydrogens is 530 g/mol. The summed E-state index contributed by atoms with van der Waals surface area (Å²) in [5, 5.41) is 3.65. The smallest absolute Gasteiger partial charge is 0.244 e. The molecule has 1 heterocycles. The van der Waals surface area contributed by atoms with Crippen molar-refractivity contribution < 1.29 is 27.5 Å². The van der Waals surface area contributed by atoms with Crippen molar-refractivity contribution in [2.24, 2.45) is 0 Å². The third kappa shape index (κ3) is 6.91. The van der Waals surface area contributed by atoms with E-state index in [0.29, 0.717) is 36.2 Å². The van der Waals surface area contributed by atoms with E-state index in [-0.39, 0.29) is 24.2 Å². The molecule has 1 aliphatic heterocycles. The van der Waals surface area contributed by atoms with E-state index in [1.165, 1.54) is 4.90 Å². The lowest BCUT2D eigenvalue weighted by atomic mass is 10.1. The highest BCUT2D eigenvalue weighted by molar-refractivity contribution is 7.92. The Bertz CT molecular complexity index is 1250. The zero-order chi connectivity index (χ0) is 27.3. The number of anilines is 1. The van der Waals surface area contributed by atoms with Crippen molar-refractivity contribution in [2.75, 3.05) is 30.3 Å². The minimum Gasteiger partial charge on any atom is -0.486 e. The van der Waals surface area contributed by atoms with E-state index in [4.69, 9.17) is 21.1 Å². The predicted octanol–water partition coefficient (Wildman–Crippen LogP) is 3.74. The molecule has 1 atom stereocenters. The van der Waals surface area contributed by atoms with Gasteiger partial charge in [-0.2, -0.15) is 0 Å². The van der Waals surface area contributed by atoms with Crippen molar-refractivity contribution in [3.05, 3.63) is 53.1 Å². The first-order valence-electron chi connectivity index (χ1n) is 12.9. The summed E-state index contributed by atoms with van der Waals surface area (Å²) in [6.07, 6.45) is 5.38. The van der Waals surface area contributed by atoms with Gasteiger partial charge in [0.2, 0.25) is 21.8 Å². The molecule has 0 aromatic heterocycles. The first kappa shape index (κ1) is 28.0. The number of hydrogen-bond donors (Lipinski definition) is 1. The number of fused-ring (bicyclic) bond motifs is 1. The maximum absolute atomic E-state index is 13.8. The molecule has 11 heteroatoms. The highest BCUT2D eigenvalue weighted by Crippen LogP contribution is 2.35. The number of nitrogens with one attached hydrogen (secondary N) is 1. The number of nitrogens with zero attached hydrogens (tertiary/aromatic N) is 2. The monoisotopic (exact) mass is 563 g/mol. The highest BCUT2D eigenvalue weighted by atomic mass is 35.5. The third-order valence-corrected chi connectivity index (χ3v) is 8.24. The van der Waals surface area contributed by atoms with E-state index in [1.54, 1.807) is 42.5 Å². The summed E-state index contributed by atoms with van der Waals surface area (Å²) in [6.45, 7) is 2.25. The first-order valence-corrected chi connectivity index (χ1v) is 15.1. The number of amides is 2. The summed E-state index contributed by atoms with van der Waals surface area (Å²) in [5.74, 6) is 0.203. The first-order chi connectivity index (χ1) is 18.2. The molecule has 4 rings (SSSR count). The average Bonchev–Trinajstić information content (AvgIpc) is 3.40. The van der Waals surface area contributed by atoms with Gasteiger partial charge in [0.15, 0.2) is 11.5 Å². The second-order valence-electron chi connectivity index (χ2n) is 9.66. The molecule has 1 aliphatic carbocycles. The Morgan fingerprint density at radius 2 is 1.71 bits per heavy atom. The highest BCUT2D eigenvalue weighted by Gasteiger charge is 2.33. The second kappa shape index (κ2) is 12.3. The molecule has 0 radical (unpaired) electrons. The van der Waals surface area contributed by atoms with Crippen molar-refractivity contribution in [3.63, 3.8) is 0 Å². The maximum atomic E-state index is 13.8. The van der Waals surface area contributed by atoms with E-state index in [9.17, 15) is 18.0 Å². The number of ether oxygens (including phenoxy) is 2. The van der Waals surface area contributed by atoms with Gasteiger partial charge in [-0.1, -0.05) is 43.5 Å². The van der Waals surface area contributed by atoms with E-state index in [2.05, 4.69) is 5.32 Å². The molecule has 0 saturated heterocycles. The largest absolute Gasteiger partial charge is 0.486 e. The van der Waals surface area contributed by atoms with Crippen LogP contribution in [0.25, 0.3) is 0 Å². The molecule has 0 bridgehead atoms. The van der Waals surface area contributed by atoms with Crippen LogP contribution in [0.5, 0.6) is 11.5 Å². The Kier molecular flexibility index (Phi) is 9.04. The van der Waals surface area contributed by atoms with E-state index < -0.39 is 28.5 Å². The molecule has 2 aromatic rings. The Balaban J connectivity index is 1.62. The van der Waals surface area contributed by atoms with Crippen LogP contribution in [0.2, 0.25) is 5.02 Å². The lowest BCUT2D eigenvalue weighted by Crippen LogP contribution is -2.53. The second-order valence-corrected chi connectivity index (χ2v) is 12.0. The van der Waals surface area contributed by atoms with Gasteiger partial charge in [-0.25, -0.2) is 8.42 Å². The van der Waals surface area contributed by atoms with Gasteiger partial charge in [0.25, 0.3) is 0 Å². The number of halogens is 1. The number of carbonyl (C=O) groups excluding carboxylic acids is 2. The molecule has 1 N–H and O–H groups in total. The summed E-state index contributed by atoms with van der Waals surface area (Å²) in [5.41, 5.74) is 1.06. The molecular formula is C27H34ClN3O6S. The summed E-state index contributed by atoms with van der Waals surface area (Å²) in [7, 11) is -3.85. The van der Waals surface area contributed by atoms with Gasteiger partial charge in [-0.3, -0.25) is 13.9 Å². The van der Waals surface area contributed by atoms with Gasteiger partial charge in [-0.15, -0.1) is 0 Å². The van der Waals surface area contributed by atoms with Gasteiger partial charge < -0.3 is 19.7 Å². The quantitative estimate of drug-likeness (QED) is 0.472. The van der Waals surface area contributed by atoms with Crippen molar-refractivity contribution >= 4 is 39.1 Å². The van der Waals surface area contributed by atoms with Crippen LogP contribution in [-0.2, 0) is 26.2 Å². The van der Waals surface area contributed by atoms with Crippen molar-refractivity contribution in [3.8, 4) is 11.5 Å². The van der Waals surface area contributed by atoms with Crippen LogP contribution >= 0.6 is 11.6 Å². The van der Waals surface area contributed by atoms with Gasteiger partial charge in [0.05, 0.1) is 11.9 Å². The van der Waals surface area contributed by atoms with Gasteiger partial charge >= 0.3 is 0 Å². The molecule has 1 fully saturated rings. The van der Waals surface area contributed by atoms with E-state index in [0.717, 1.165) is 41.8 Å². The lowest BCUT2D eigenvalue weighted by molar-refractivity contribution is -0.140. The molecule has 2 aliphatic rings. The maximum Gasteiger partial charge on any atom is 0.244 e. The molecule has 2 amide bonds. The number of rotatable bonds is 10. The van der Waals surface area contributed by atoms with Crippen molar-refractivity contribution in [1.29, 1.82) is 0 Å². The minimum absolute atomic E-state index is 0.0919. The number of benzene rings is 2. The molecule has 206 valence electrons. The molecule has 38 heavy (non-hydrogen) atoms. The number of carbonyl (C=O) groups is 2. The van der Waals surface area contributed by atoms with Crippen LogP contribution in [0.4, 0.5) is 5.69 Å². The zero-order valence-electron chi connectivity index (χ0n) is 21.7. The third-order valence-electron chi connectivity index (χ3n) is 6.85. The van der Waals surface area contributed by atoms with Gasteiger partial charge in [-0.05, 0) is 49.1 Å². The predicted molar refractivity (Wildman–Crippen MR) is 146 cm³/mol. The molecule has 1 unspecified atom stereocenters. The van der Waals surface area contributed by atoms with Crippen LogP contribution < -0.4 is 19.1 Å². The Morgan fingerprint density at radius 1 is 1.05 bits per heavy atom. The van der Waals surface area contributed by atoms with Gasteiger partial charge in [0, 0.05) is 23.7 Å². The Morgan fingerprint density at radius 3 is 2.34 bits per heavy atom. The van der Waals surface area contributed by atoms with Crippen molar-refractivity contribution in [1.82, 2.24) is 10.2 Å². The zero-order valence-corrected chi connectivity index (χ0v) is 23.3. The fourth-order valence-electron chi connectivity index (χ4n) is 4.87. The SMILES string of the molecule is CCC(C(=O)NC1CCCC1)N(Cc1ccc(Cl)cc1)C(=O)CN(c1ccc2c(c1)OCCO2)S(C)(=O)=O. The summed E-state index contributed by atoms with van der Waals surface area (Å²) >= 11 is 6.05. The van der Waals surface area contributed by atoms with E-state index >= 15 is 0 Å². The van der Waals surface area contributed by atoms with Gasteiger partial charge in [0.1, 0.15) is 25.8 Å². The minimum atomic E-state index is -3.85. The molecule has 1 saturated carbocycles. The average molecular weight is 564 g/mol. The van der Waals surface area contributed by atoms with Crippen LogP contribution in [0.15, 0.2) is 42.5 Å². The molecule has 2 aromatic carbocycles.